The summed E-state index contributed by atoms with van der Waals surface area (Å²) < 4.78 is 15.8. The lowest BCUT2D eigenvalue weighted by molar-refractivity contribution is -0.144. The van der Waals surface area contributed by atoms with Gasteiger partial charge in [0.25, 0.3) is 0 Å². The zero-order chi connectivity index (χ0) is 28.6. The van der Waals surface area contributed by atoms with E-state index in [0.717, 1.165) is 12.8 Å². The number of rotatable bonds is 8. The number of allylic oxidation sites excluding steroid dienone is 1. The van der Waals surface area contributed by atoms with Crippen molar-refractivity contribution in [1.29, 1.82) is 0 Å². The number of esters is 1. The van der Waals surface area contributed by atoms with E-state index < -0.39 is 23.5 Å². The summed E-state index contributed by atoms with van der Waals surface area (Å²) in [5.41, 5.74) is 0.116. The van der Waals surface area contributed by atoms with Crippen LogP contribution < -0.4 is 5.32 Å². The Kier molecular flexibility index (Phi) is 10.5. The number of carbonyl (C=O) groups is 4. The van der Waals surface area contributed by atoms with Gasteiger partial charge in [-0.25, -0.2) is 4.79 Å². The molecule has 0 saturated carbocycles. The lowest BCUT2D eigenvalue weighted by Gasteiger charge is -2.33. The van der Waals surface area contributed by atoms with Crippen LogP contribution in [0.3, 0.4) is 0 Å². The third-order valence-corrected chi connectivity index (χ3v) is 6.79. The average Bonchev–Trinajstić information content (AvgIpc) is 3.32. The van der Waals surface area contributed by atoms with Crippen molar-refractivity contribution in [3.05, 3.63) is 29.7 Å². The number of aromatic nitrogens is 1. The van der Waals surface area contributed by atoms with E-state index in [0.29, 0.717) is 50.5 Å². The smallest absolute Gasteiger partial charge is 0.410 e. The topological polar surface area (TPSA) is 131 Å². The number of aryl methyl sites for hydroxylation is 1. The predicted molar refractivity (Wildman–Crippen MR) is 142 cm³/mol. The number of piperidine rings is 2. The Morgan fingerprint density at radius 3 is 2.49 bits per heavy atom. The highest BCUT2D eigenvalue weighted by atomic mass is 16.6. The van der Waals surface area contributed by atoms with Crippen molar-refractivity contribution in [1.82, 2.24) is 20.3 Å². The van der Waals surface area contributed by atoms with E-state index in [9.17, 15) is 19.2 Å². The molecule has 2 aliphatic heterocycles. The van der Waals surface area contributed by atoms with E-state index in [2.05, 4.69) is 10.5 Å². The van der Waals surface area contributed by atoms with Gasteiger partial charge < -0.3 is 29.1 Å². The first kappa shape index (κ1) is 30.2. The monoisotopic (exact) mass is 546 g/mol. The number of hydrogen-bond acceptors (Lipinski definition) is 8. The molecule has 1 N–H and O–H groups in total. The van der Waals surface area contributed by atoms with Crippen LogP contribution in [0.15, 0.2) is 22.7 Å². The molecular weight excluding hydrogens is 504 g/mol. The van der Waals surface area contributed by atoms with Crippen LogP contribution in [0.5, 0.6) is 0 Å². The zero-order valence-electron chi connectivity index (χ0n) is 23.7. The lowest BCUT2D eigenvalue weighted by atomic mass is 9.95. The second kappa shape index (κ2) is 13.6. The summed E-state index contributed by atoms with van der Waals surface area (Å²) in [7, 11) is 0. The maximum Gasteiger partial charge on any atom is 0.410 e. The quantitative estimate of drug-likeness (QED) is 0.387. The molecule has 3 amide bonds. The molecule has 1 aromatic heterocycles. The van der Waals surface area contributed by atoms with E-state index in [4.69, 9.17) is 14.0 Å². The first-order chi connectivity index (χ1) is 18.4. The first-order valence-electron chi connectivity index (χ1n) is 13.8. The van der Waals surface area contributed by atoms with Gasteiger partial charge in [-0.3, -0.25) is 14.4 Å². The molecule has 0 radical (unpaired) electrons. The van der Waals surface area contributed by atoms with Gasteiger partial charge >= 0.3 is 12.1 Å². The molecule has 1 unspecified atom stereocenters. The molecule has 11 nitrogen and oxygen atoms in total. The van der Waals surface area contributed by atoms with Gasteiger partial charge in [0, 0.05) is 32.2 Å². The lowest BCUT2D eigenvalue weighted by Crippen LogP contribution is -2.46. The zero-order valence-corrected chi connectivity index (χ0v) is 23.7. The minimum atomic E-state index is -0.699. The summed E-state index contributed by atoms with van der Waals surface area (Å²) in [5.74, 6) is -0.629. The maximum atomic E-state index is 13.2. The molecule has 0 bridgehead atoms. The van der Waals surface area contributed by atoms with Crippen molar-refractivity contribution in [3.8, 4) is 0 Å². The highest BCUT2D eigenvalue weighted by molar-refractivity contribution is 5.88. The molecule has 2 saturated heterocycles. The summed E-state index contributed by atoms with van der Waals surface area (Å²) >= 11 is 0. The molecule has 0 aliphatic carbocycles. The van der Waals surface area contributed by atoms with Crippen LogP contribution in [0.2, 0.25) is 0 Å². The van der Waals surface area contributed by atoms with Gasteiger partial charge in [0.15, 0.2) is 5.76 Å². The average molecular weight is 547 g/mol. The number of ether oxygens (including phenoxy) is 2. The maximum absolute atomic E-state index is 13.2. The van der Waals surface area contributed by atoms with Gasteiger partial charge in [0.2, 0.25) is 11.8 Å². The molecule has 216 valence electrons. The van der Waals surface area contributed by atoms with Crippen LogP contribution in [-0.4, -0.2) is 77.2 Å². The normalized spacial score (nSPS) is 19.6. The molecule has 1 aromatic rings. The van der Waals surface area contributed by atoms with E-state index >= 15 is 0 Å². The van der Waals surface area contributed by atoms with Gasteiger partial charge in [-0.2, -0.15) is 0 Å². The first-order valence-corrected chi connectivity index (χ1v) is 13.8. The van der Waals surface area contributed by atoms with Crippen molar-refractivity contribution in [2.75, 3.05) is 32.8 Å². The van der Waals surface area contributed by atoms with Gasteiger partial charge in [0.05, 0.1) is 24.6 Å². The summed E-state index contributed by atoms with van der Waals surface area (Å²) in [6.45, 7) is 11.3. The van der Waals surface area contributed by atoms with Crippen LogP contribution in [0.25, 0.3) is 0 Å². The number of hydrogen-bond donors (Lipinski definition) is 1. The van der Waals surface area contributed by atoms with Gasteiger partial charge in [-0.05, 0) is 72.3 Å². The predicted octanol–water partition coefficient (Wildman–Crippen LogP) is 3.54. The number of nitrogens with zero attached hydrogens (tertiary/aromatic N) is 3. The van der Waals surface area contributed by atoms with Crippen molar-refractivity contribution < 1.29 is 33.2 Å². The third-order valence-electron chi connectivity index (χ3n) is 6.79. The molecular formula is C28H42N4O7. The summed E-state index contributed by atoms with van der Waals surface area (Å²) in [6.07, 6.45) is 6.00. The Hall–Kier alpha value is -3.37. The van der Waals surface area contributed by atoms with E-state index in [1.165, 1.54) is 0 Å². The highest BCUT2D eigenvalue weighted by Gasteiger charge is 2.31. The highest BCUT2D eigenvalue weighted by Crippen LogP contribution is 2.24. The van der Waals surface area contributed by atoms with Crippen molar-refractivity contribution in [2.45, 2.75) is 78.4 Å². The fourth-order valence-corrected chi connectivity index (χ4v) is 4.76. The number of amides is 3. The molecule has 3 heterocycles. The van der Waals surface area contributed by atoms with Crippen molar-refractivity contribution in [2.24, 2.45) is 11.8 Å². The van der Waals surface area contributed by atoms with E-state index in [-0.39, 0.29) is 36.9 Å². The molecule has 0 aromatic carbocycles. The Morgan fingerprint density at radius 1 is 1.15 bits per heavy atom. The molecule has 2 aliphatic rings. The molecule has 0 spiro atoms. The van der Waals surface area contributed by atoms with Gasteiger partial charge in [-0.1, -0.05) is 11.2 Å². The SMILES string of the molecule is CCOC(=O)CC(NC(=O)[C@@H]1CCCN(C(=O)/C=C/C2CCN(C(=O)OC(C)(C)C)CC2)C1)c1cc(C)no1. The second-order valence-corrected chi connectivity index (χ2v) is 11.2. The molecule has 39 heavy (non-hydrogen) atoms. The Bertz CT molecular complexity index is 1040. The van der Waals surface area contributed by atoms with Crippen molar-refractivity contribution in [3.63, 3.8) is 0 Å². The number of carbonyl (C=O) groups excluding carboxylic acids is 4. The molecule has 3 rings (SSSR count). The molecule has 2 atom stereocenters. The van der Waals surface area contributed by atoms with Crippen LogP contribution in [0.1, 0.15) is 77.3 Å². The van der Waals surface area contributed by atoms with E-state index in [1.54, 1.807) is 35.8 Å². The third kappa shape index (κ3) is 9.40. The second-order valence-electron chi connectivity index (χ2n) is 11.2. The van der Waals surface area contributed by atoms with Crippen LogP contribution in [-0.2, 0) is 23.9 Å². The summed E-state index contributed by atoms with van der Waals surface area (Å²) in [6, 6.07) is 0.985. The summed E-state index contributed by atoms with van der Waals surface area (Å²) in [5, 5.41) is 6.77. The Morgan fingerprint density at radius 2 is 1.87 bits per heavy atom. The summed E-state index contributed by atoms with van der Waals surface area (Å²) in [4.78, 5) is 53.9. The van der Waals surface area contributed by atoms with E-state index in [1.807, 2.05) is 26.8 Å². The Balaban J connectivity index is 1.51. The Labute approximate surface area is 230 Å². The number of likely N-dealkylation sites (tertiary alicyclic amines) is 2. The largest absolute Gasteiger partial charge is 0.466 e. The minimum absolute atomic E-state index is 0.0704. The standard InChI is InChI=1S/C28H42N4O7/c1-6-37-25(34)17-22(23-16-19(2)30-39-23)29-26(35)21-8-7-13-32(18-21)24(33)10-9-20-11-14-31(15-12-20)27(36)38-28(3,4)5/h9-10,16,20-22H,6-8,11-15,17-18H2,1-5H3,(H,29,35)/b10-9+/t21-,22?/m1/s1. The molecule has 11 heteroatoms. The van der Waals surface area contributed by atoms with Gasteiger partial charge in [-0.15, -0.1) is 0 Å². The van der Waals surface area contributed by atoms with Gasteiger partial charge in [0.1, 0.15) is 11.6 Å². The fourth-order valence-electron chi connectivity index (χ4n) is 4.76. The number of nitrogens with one attached hydrogen (secondary N) is 1. The van der Waals surface area contributed by atoms with Crippen molar-refractivity contribution >= 4 is 23.9 Å². The van der Waals surface area contributed by atoms with Crippen LogP contribution in [0, 0.1) is 18.8 Å². The van der Waals surface area contributed by atoms with Crippen LogP contribution >= 0.6 is 0 Å². The molecule has 2 fully saturated rings. The minimum Gasteiger partial charge on any atom is -0.466 e. The van der Waals surface area contributed by atoms with Crippen LogP contribution in [0.4, 0.5) is 4.79 Å². The fraction of sp³-hybridized carbons (Fsp3) is 0.679.